The van der Waals surface area contributed by atoms with Crippen molar-refractivity contribution in [2.24, 2.45) is 0 Å². The number of benzene rings is 1. The van der Waals surface area contributed by atoms with E-state index in [1.807, 2.05) is 11.7 Å². The van der Waals surface area contributed by atoms with Crippen molar-refractivity contribution in [3.05, 3.63) is 47.8 Å². The quantitative estimate of drug-likeness (QED) is 0.799. The van der Waals surface area contributed by atoms with Gasteiger partial charge in [-0.25, -0.2) is 4.79 Å². The number of rotatable bonds is 3. The van der Waals surface area contributed by atoms with Gasteiger partial charge in [-0.15, -0.1) is 0 Å². The van der Waals surface area contributed by atoms with Crippen LogP contribution in [-0.2, 0) is 22.6 Å². The van der Waals surface area contributed by atoms with Gasteiger partial charge in [-0.2, -0.15) is 5.10 Å². The molecule has 0 aliphatic carbocycles. The van der Waals surface area contributed by atoms with Gasteiger partial charge in [-0.05, 0) is 26.1 Å². The van der Waals surface area contributed by atoms with Crippen molar-refractivity contribution in [1.82, 2.24) is 14.7 Å². The van der Waals surface area contributed by atoms with E-state index in [0.29, 0.717) is 23.8 Å². The SMILES string of the molecule is C[C@H]1Cn2ncc(N3C[C@@H](O)[C@H](OC(=O)c4ccccc4)C3=O)c2CN1C. The Hall–Kier alpha value is -2.71. The number of esters is 1. The Bertz CT molecular complexity index is 866. The van der Waals surface area contributed by atoms with Gasteiger partial charge in [0.1, 0.15) is 6.10 Å². The van der Waals surface area contributed by atoms with Crippen molar-refractivity contribution >= 4 is 17.6 Å². The maximum atomic E-state index is 12.9. The third-order valence-electron chi connectivity index (χ3n) is 5.28. The standard InChI is InChI=1S/C19H22N4O4/c1-12-9-23-15(10-21(12)2)14(8-20-23)22-11-16(24)17(18(22)25)27-19(26)13-6-4-3-5-7-13/h3-8,12,16-17,24H,9-11H2,1-2H3/t12-,16+,17-/m0/s1. The lowest BCUT2D eigenvalue weighted by Crippen LogP contribution is -2.39. The maximum Gasteiger partial charge on any atom is 0.339 e. The summed E-state index contributed by atoms with van der Waals surface area (Å²) in [4.78, 5) is 28.8. The summed E-state index contributed by atoms with van der Waals surface area (Å²) in [6.07, 6.45) is -0.651. The number of hydrogen-bond donors (Lipinski definition) is 1. The van der Waals surface area contributed by atoms with E-state index in [-0.39, 0.29) is 6.54 Å². The molecule has 1 aromatic heterocycles. The van der Waals surface area contributed by atoms with E-state index in [1.54, 1.807) is 36.5 Å². The van der Waals surface area contributed by atoms with E-state index in [9.17, 15) is 14.7 Å². The summed E-state index contributed by atoms with van der Waals surface area (Å²) in [5.74, 6) is -1.05. The second-order valence-electron chi connectivity index (χ2n) is 7.13. The molecule has 2 aliphatic rings. The molecule has 1 N–H and O–H groups in total. The number of aliphatic hydroxyl groups excluding tert-OH is 1. The Morgan fingerprint density at radius 1 is 1.26 bits per heavy atom. The number of β-amino-alcohol motifs (C(OH)–C–C–N with tert-alkyl or cyclic N) is 1. The highest BCUT2D eigenvalue weighted by atomic mass is 16.6. The van der Waals surface area contributed by atoms with Gasteiger partial charge >= 0.3 is 5.97 Å². The number of carbonyl (C=O) groups excluding carboxylic acids is 2. The number of likely N-dealkylation sites (N-methyl/N-ethyl adjacent to an activating group) is 1. The smallest absolute Gasteiger partial charge is 0.339 e. The minimum Gasteiger partial charge on any atom is -0.446 e. The van der Waals surface area contributed by atoms with Gasteiger partial charge in [0.05, 0.1) is 36.2 Å². The predicted octanol–water partition coefficient (Wildman–Crippen LogP) is 0.650. The lowest BCUT2D eigenvalue weighted by atomic mass is 10.2. The van der Waals surface area contributed by atoms with Gasteiger partial charge in [0.15, 0.2) is 0 Å². The summed E-state index contributed by atoms with van der Waals surface area (Å²) >= 11 is 0. The topological polar surface area (TPSA) is 87.9 Å². The molecule has 142 valence electrons. The van der Waals surface area contributed by atoms with Crippen LogP contribution in [0.3, 0.4) is 0 Å². The first-order valence-electron chi connectivity index (χ1n) is 8.96. The number of nitrogens with zero attached hydrogens (tertiary/aromatic N) is 4. The maximum absolute atomic E-state index is 12.9. The van der Waals surface area contributed by atoms with Gasteiger partial charge in [0.2, 0.25) is 6.10 Å². The van der Waals surface area contributed by atoms with Crippen molar-refractivity contribution < 1.29 is 19.4 Å². The van der Waals surface area contributed by atoms with Crippen molar-refractivity contribution in [1.29, 1.82) is 0 Å². The van der Waals surface area contributed by atoms with E-state index in [0.717, 1.165) is 12.2 Å². The zero-order valence-electron chi connectivity index (χ0n) is 15.3. The molecular weight excluding hydrogens is 348 g/mol. The molecule has 1 saturated heterocycles. The normalized spacial score (nSPS) is 25.5. The minimum absolute atomic E-state index is 0.0729. The molecule has 8 heteroatoms. The first kappa shape index (κ1) is 17.7. The summed E-state index contributed by atoms with van der Waals surface area (Å²) in [7, 11) is 2.02. The molecule has 1 fully saturated rings. The predicted molar refractivity (Wildman–Crippen MR) is 97.2 cm³/mol. The number of amides is 1. The molecule has 0 saturated carbocycles. The fraction of sp³-hybridized carbons (Fsp3) is 0.421. The molecule has 0 bridgehead atoms. The minimum atomic E-state index is -1.21. The number of hydrogen-bond acceptors (Lipinski definition) is 6. The van der Waals surface area contributed by atoms with Gasteiger partial charge in [0.25, 0.3) is 5.91 Å². The van der Waals surface area contributed by atoms with Crippen LogP contribution in [0.4, 0.5) is 5.69 Å². The van der Waals surface area contributed by atoms with E-state index in [1.165, 1.54) is 4.90 Å². The lowest BCUT2D eigenvalue weighted by molar-refractivity contribution is -0.127. The molecule has 4 rings (SSSR count). The molecule has 0 unspecified atom stereocenters. The Balaban J connectivity index is 1.54. The number of anilines is 1. The third-order valence-corrected chi connectivity index (χ3v) is 5.28. The highest BCUT2D eigenvalue weighted by Gasteiger charge is 2.44. The van der Waals surface area contributed by atoms with Crippen molar-refractivity contribution in [2.75, 3.05) is 18.5 Å². The Kier molecular flexibility index (Phi) is 4.45. The van der Waals surface area contributed by atoms with Crippen LogP contribution in [-0.4, -0.2) is 63.5 Å². The highest BCUT2D eigenvalue weighted by Crippen LogP contribution is 2.30. The summed E-state index contributed by atoms with van der Waals surface area (Å²) in [6.45, 7) is 3.59. The Labute approximate surface area is 156 Å². The number of aliphatic hydroxyl groups is 1. The molecule has 8 nitrogen and oxygen atoms in total. The highest BCUT2D eigenvalue weighted by molar-refractivity contribution is 6.02. The van der Waals surface area contributed by atoms with Gasteiger partial charge < -0.3 is 14.7 Å². The van der Waals surface area contributed by atoms with Crippen molar-refractivity contribution in [3.63, 3.8) is 0 Å². The van der Waals surface area contributed by atoms with Gasteiger partial charge in [-0.3, -0.25) is 14.4 Å². The van der Waals surface area contributed by atoms with Crippen LogP contribution in [0.15, 0.2) is 36.5 Å². The second-order valence-corrected chi connectivity index (χ2v) is 7.13. The molecule has 3 atom stereocenters. The zero-order valence-corrected chi connectivity index (χ0v) is 15.3. The number of carbonyl (C=O) groups is 2. The molecule has 2 aliphatic heterocycles. The molecule has 0 radical (unpaired) electrons. The molecule has 0 spiro atoms. The van der Waals surface area contributed by atoms with Crippen LogP contribution in [0.25, 0.3) is 0 Å². The monoisotopic (exact) mass is 370 g/mol. The van der Waals surface area contributed by atoms with E-state index in [2.05, 4.69) is 16.9 Å². The fourth-order valence-corrected chi connectivity index (χ4v) is 3.52. The molecule has 1 amide bonds. The average Bonchev–Trinajstić information content (AvgIpc) is 3.18. The summed E-state index contributed by atoms with van der Waals surface area (Å²) < 4.78 is 7.21. The molecule has 2 aromatic rings. The van der Waals surface area contributed by atoms with Crippen LogP contribution in [0.1, 0.15) is 23.0 Å². The van der Waals surface area contributed by atoms with E-state index < -0.39 is 24.1 Å². The molecule has 1 aromatic carbocycles. The van der Waals surface area contributed by atoms with Crippen molar-refractivity contribution in [2.45, 2.75) is 38.3 Å². The Morgan fingerprint density at radius 2 is 2.00 bits per heavy atom. The van der Waals surface area contributed by atoms with Crippen molar-refractivity contribution in [3.8, 4) is 0 Å². The third kappa shape index (κ3) is 3.11. The molecule has 27 heavy (non-hydrogen) atoms. The molecule has 3 heterocycles. The fourth-order valence-electron chi connectivity index (χ4n) is 3.52. The largest absolute Gasteiger partial charge is 0.446 e. The molecular formula is C19H22N4O4. The van der Waals surface area contributed by atoms with Crippen LogP contribution in [0.2, 0.25) is 0 Å². The van der Waals surface area contributed by atoms with Crippen LogP contribution in [0, 0.1) is 0 Å². The summed E-state index contributed by atoms with van der Waals surface area (Å²) in [5.41, 5.74) is 1.93. The second kappa shape index (κ2) is 6.79. The Morgan fingerprint density at radius 3 is 2.74 bits per heavy atom. The lowest BCUT2D eigenvalue weighted by Gasteiger charge is -2.31. The zero-order chi connectivity index (χ0) is 19.1. The van der Waals surface area contributed by atoms with Gasteiger partial charge in [-0.1, -0.05) is 18.2 Å². The van der Waals surface area contributed by atoms with Crippen LogP contribution in [0.5, 0.6) is 0 Å². The van der Waals surface area contributed by atoms with E-state index in [4.69, 9.17) is 4.74 Å². The number of fused-ring (bicyclic) bond motifs is 1. The number of aromatic nitrogens is 2. The van der Waals surface area contributed by atoms with E-state index >= 15 is 0 Å². The summed E-state index contributed by atoms with van der Waals surface area (Å²) in [6, 6.07) is 8.78. The first-order chi connectivity index (χ1) is 13.0. The van der Waals surface area contributed by atoms with Crippen LogP contribution < -0.4 is 4.90 Å². The first-order valence-corrected chi connectivity index (χ1v) is 8.96. The number of ether oxygens (including phenoxy) is 1. The summed E-state index contributed by atoms with van der Waals surface area (Å²) in [5, 5.41) is 14.7. The van der Waals surface area contributed by atoms with Crippen LogP contribution >= 0.6 is 0 Å². The average molecular weight is 370 g/mol. The van der Waals surface area contributed by atoms with Gasteiger partial charge in [0, 0.05) is 12.6 Å².